The average Bonchev–Trinajstić information content (AvgIpc) is 2.96. The minimum absolute atomic E-state index is 0.0134. The van der Waals surface area contributed by atoms with E-state index in [1.165, 1.54) is 12.3 Å². The van der Waals surface area contributed by atoms with Gasteiger partial charge in [0.1, 0.15) is 29.2 Å². The molecule has 1 aliphatic rings. The molecule has 0 saturated carbocycles. The van der Waals surface area contributed by atoms with E-state index in [0.717, 1.165) is 38.4 Å². The lowest BCUT2D eigenvalue weighted by Gasteiger charge is -2.35. The molecule has 2 aromatic heterocycles. The van der Waals surface area contributed by atoms with Crippen LogP contribution in [0, 0.1) is 0 Å². The number of anilines is 1. The predicted octanol–water partition coefficient (Wildman–Crippen LogP) is 4.57. The molecule has 196 valence electrons. The van der Waals surface area contributed by atoms with Gasteiger partial charge in [-0.15, -0.1) is 0 Å². The van der Waals surface area contributed by atoms with Gasteiger partial charge in [0.2, 0.25) is 11.2 Å². The number of aromatic hydroxyl groups is 1. The molecule has 4 aromatic rings. The van der Waals surface area contributed by atoms with Gasteiger partial charge < -0.3 is 23.9 Å². The van der Waals surface area contributed by atoms with Crippen LogP contribution in [-0.2, 0) is 11.3 Å². The summed E-state index contributed by atoms with van der Waals surface area (Å²) in [6.07, 6.45) is 3.79. The number of carbonyl (C=O) groups is 1. The van der Waals surface area contributed by atoms with Crippen LogP contribution in [-0.4, -0.2) is 53.7 Å². The van der Waals surface area contributed by atoms with Gasteiger partial charge in [-0.2, -0.15) is 0 Å². The largest absolute Gasteiger partial charge is 0.507 e. The van der Waals surface area contributed by atoms with Crippen molar-refractivity contribution in [2.75, 3.05) is 37.7 Å². The molecule has 0 spiro atoms. The molecule has 3 heterocycles. The van der Waals surface area contributed by atoms with E-state index in [4.69, 9.17) is 13.9 Å². The van der Waals surface area contributed by atoms with Crippen molar-refractivity contribution >= 4 is 22.8 Å². The lowest BCUT2D eigenvalue weighted by molar-refractivity contribution is 0.0505. The molecule has 0 atom stereocenters. The minimum Gasteiger partial charge on any atom is -0.507 e. The Bertz CT molecular complexity index is 1460. The first kappa shape index (κ1) is 25.3. The quantitative estimate of drug-likeness (QED) is 0.338. The van der Waals surface area contributed by atoms with Crippen molar-refractivity contribution in [1.82, 2.24) is 9.88 Å². The van der Waals surface area contributed by atoms with Gasteiger partial charge in [0.25, 0.3) is 0 Å². The monoisotopic (exact) mass is 515 g/mol. The molecular weight excluding hydrogens is 486 g/mol. The number of pyridine rings is 1. The number of hydrogen-bond acceptors (Lipinski definition) is 9. The zero-order chi connectivity index (χ0) is 26.5. The van der Waals surface area contributed by atoms with Crippen LogP contribution < -0.4 is 15.1 Å². The highest BCUT2D eigenvalue weighted by Crippen LogP contribution is 2.30. The van der Waals surface area contributed by atoms with Gasteiger partial charge in [-0.3, -0.25) is 9.69 Å². The zero-order valence-electron chi connectivity index (χ0n) is 21.1. The predicted molar refractivity (Wildman–Crippen MR) is 143 cm³/mol. The molecule has 1 fully saturated rings. The first-order valence-electron chi connectivity index (χ1n) is 12.6. The topological polar surface area (TPSA) is 105 Å². The summed E-state index contributed by atoms with van der Waals surface area (Å²) in [6.45, 7) is 5.89. The maximum absolute atomic E-state index is 13.2. The van der Waals surface area contributed by atoms with Crippen LogP contribution in [0.2, 0.25) is 0 Å². The molecule has 9 nitrogen and oxygen atoms in total. The van der Waals surface area contributed by atoms with Gasteiger partial charge in [0.15, 0.2) is 0 Å². The Morgan fingerprint density at radius 1 is 1.05 bits per heavy atom. The third kappa shape index (κ3) is 5.47. The van der Waals surface area contributed by atoms with E-state index in [1.54, 1.807) is 36.5 Å². The number of phenolic OH excluding ortho intramolecular Hbond substituents is 1. The highest BCUT2D eigenvalue weighted by Gasteiger charge is 2.22. The summed E-state index contributed by atoms with van der Waals surface area (Å²) in [5.74, 6) is 1.01. The Hall–Kier alpha value is -4.37. The second-order valence-corrected chi connectivity index (χ2v) is 9.08. The van der Waals surface area contributed by atoms with Crippen molar-refractivity contribution in [3.8, 4) is 17.2 Å². The fourth-order valence-corrected chi connectivity index (χ4v) is 4.42. The van der Waals surface area contributed by atoms with Crippen LogP contribution in [0.25, 0.3) is 11.0 Å². The lowest BCUT2D eigenvalue weighted by atomic mass is 10.1. The van der Waals surface area contributed by atoms with Crippen LogP contribution in [0.5, 0.6) is 17.2 Å². The van der Waals surface area contributed by atoms with Gasteiger partial charge in [-0.05, 0) is 55.0 Å². The second kappa shape index (κ2) is 11.4. The van der Waals surface area contributed by atoms with E-state index in [1.807, 2.05) is 25.1 Å². The fraction of sp³-hybridized carbons (Fsp3) is 0.276. The lowest BCUT2D eigenvalue weighted by Crippen LogP contribution is -2.46. The third-order valence-corrected chi connectivity index (χ3v) is 6.47. The van der Waals surface area contributed by atoms with Crippen molar-refractivity contribution in [2.24, 2.45) is 0 Å². The third-order valence-electron chi connectivity index (χ3n) is 6.47. The molecule has 2 aromatic carbocycles. The number of aromatic nitrogens is 1. The standard InChI is InChI=1S/C29H29N3O6/c1-2-17-36-29(35)20-6-8-21(9-7-20)38-25-19-37-28-22(27(25)34)10-11-24(33)23(28)18-31-13-15-32(16-14-31)26-5-3-4-12-30-26/h3-12,19,33H,2,13-18H2,1H3. The highest BCUT2D eigenvalue weighted by molar-refractivity contribution is 5.89. The molecule has 0 radical (unpaired) electrons. The first-order chi connectivity index (χ1) is 18.5. The number of rotatable bonds is 8. The first-order valence-corrected chi connectivity index (χ1v) is 12.6. The normalized spacial score (nSPS) is 14.0. The SMILES string of the molecule is CCCOC(=O)c1ccc(Oc2coc3c(CN4CCN(c5ccccn5)CC4)c(O)ccc3c2=O)cc1. The maximum Gasteiger partial charge on any atom is 0.338 e. The zero-order valence-corrected chi connectivity index (χ0v) is 21.1. The van der Waals surface area contributed by atoms with Gasteiger partial charge in [-0.25, -0.2) is 9.78 Å². The Morgan fingerprint density at radius 3 is 2.55 bits per heavy atom. The summed E-state index contributed by atoms with van der Waals surface area (Å²) < 4.78 is 16.7. The summed E-state index contributed by atoms with van der Waals surface area (Å²) >= 11 is 0. The average molecular weight is 516 g/mol. The van der Waals surface area contributed by atoms with E-state index >= 15 is 0 Å². The minimum atomic E-state index is -0.408. The fourth-order valence-electron chi connectivity index (χ4n) is 4.42. The van der Waals surface area contributed by atoms with E-state index in [-0.39, 0.29) is 16.9 Å². The summed E-state index contributed by atoms with van der Waals surface area (Å²) in [5, 5.41) is 10.9. The number of carbonyl (C=O) groups excluding carboxylic acids is 1. The second-order valence-electron chi connectivity index (χ2n) is 9.08. The van der Waals surface area contributed by atoms with E-state index in [2.05, 4.69) is 14.8 Å². The molecule has 9 heteroatoms. The Labute approximate surface area is 219 Å². The number of hydrogen-bond donors (Lipinski definition) is 1. The Kier molecular flexibility index (Phi) is 7.55. The van der Waals surface area contributed by atoms with Crippen LogP contribution >= 0.6 is 0 Å². The molecule has 0 aliphatic carbocycles. The van der Waals surface area contributed by atoms with Crippen molar-refractivity contribution in [1.29, 1.82) is 0 Å². The van der Waals surface area contributed by atoms with E-state index < -0.39 is 5.97 Å². The van der Waals surface area contributed by atoms with Gasteiger partial charge in [0.05, 0.1) is 23.1 Å². The summed E-state index contributed by atoms with van der Waals surface area (Å²) in [7, 11) is 0. The molecule has 1 N–H and O–H groups in total. The summed E-state index contributed by atoms with van der Waals surface area (Å²) in [4.78, 5) is 34.1. The van der Waals surface area contributed by atoms with E-state index in [9.17, 15) is 14.7 Å². The molecule has 1 saturated heterocycles. The smallest absolute Gasteiger partial charge is 0.338 e. The molecule has 38 heavy (non-hydrogen) atoms. The number of ether oxygens (including phenoxy) is 2. The highest BCUT2D eigenvalue weighted by atomic mass is 16.5. The number of nitrogens with zero attached hydrogens (tertiary/aromatic N) is 3. The van der Waals surface area contributed by atoms with Crippen LogP contribution in [0.1, 0.15) is 29.3 Å². The van der Waals surface area contributed by atoms with Crippen molar-refractivity contribution in [3.63, 3.8) is 0 Å². The molecule has 0 unspecified atom stereocenters. The molecule has 1 aliphatic heterocycles. The molecule has 5 rings (SSSR count). The van der Waals surface area contributed by atoms with Crippen LogP contribution in [0.4, 0.5) is 5.82 Å². The van der Waals surface area contributed by atoms with Gasteiger partial charge in [-0.1, -0.05) is 13.0 Å². The number of esters is 1. The van der Waals surface area contributed by atoms with Crippen LogP contribution in [0.3, 0.4) is 0 Å². The summed E-state index contributed by atoms with van der Waals surface area (Å²) in [6, 6.07) is 15.3. The Balaban J connectivity index is 1.30. The van der Waals surface area contributed by atoms with Gasteiger partial charge >= 0.3 is 5.97 Å². The number of benzene rings is 2. The maximum atomic E-state index is 13.2. The number of fused-ring (bicyclic) bond motifs is 1. The van der Waals surface area contributed by atoms with E-state index in [0.29, 0.717) is 41.0 Å². The molecule has 0 amide bonds. The molecule has 0 bridgehead atoms. The molecular formula is C29H29N3O6. The van der Waals surface area contributed by atoms with Crippen molar-refractivity contribution in [3.05, 3.63) is 88.4 Å². The van der Waals surface area contributed by atoms with Crippen LogP contribution in [0.15, 0.2) is 76.3 Å². The Morgan fingerprint density at radius 2 is 1.84 bits per heavy atom. The number of phenols is 1. The van der Waals surface area contributed by atoms with Crippen molar-refractivity contribution < 1.29 is 23.8 Å². The van der Waals surface area contributed by atoms with Gasteiger partial charge in [0, 0.05) is 38.9 Å². The van der Waals surface area contributed by atoms with Crippen molar-refractivity contribution in [2.45, 2.75) is 19.9 Å². The summed E-state index contributed by atoms with van der Waals surface area (Å²) in [5.41, 5.74) is 0.951. The number of piperazine rings is 1.